The average molecular weight is 428 g/mol. The number of amides is 1. The van der Waals surface area contributed by atoms with Crippen molar-refractivity contribution in [2.24, 2.45) is 0 Å². The second-order valence-corrected chi connectivity index (χ2v) is 10.3. The zero-order chi connectivity index (χ0) is 19.4. The van der Waals surface area contributed by atoms with Gasteiger partial charge in [0.05, 0.1) is 5.75 Å². The number of carbonyl (C=O) groups is 1. The molecule has 1 saturated heterocycles. The second kappa shape index (κ2) is 8.68. The predicted molar refractivity (Wildman–Crippen MR) is 109 cm³/mol. The number of rotatable bonds is 6. The van der Waals surface area contributed by atoms with Crippen molar-refractivity contribution in [1.82, 2.24) is 15.2 Å². The molecule has 9 heteroatoms. The van der Waals surface area contributed by atoms with Crippen LogP contribution in [-0.4, -0.2) is 61.9 Å². The Morgan fingerprint density at radius 1 is 1.30 bits per heavy atom. The molecular formula is C18H22ClN3O3S2. The molecule has 0 bridgehead atoms. The molecule has 146 valence electrons. The highest BCUT2D eigenvalue weighted by molar-refractivity contribution is 7.90. The van der Waals surface area contributed by atoms with Crippen LogP contribution in [-0.2, 0) is 9.84 Å². The summed E-state index contributed by atoms with van der Waals surface area (Å²) in [5.74, 6) is 0.0112. The van der Waals surface area contributed by atoms with Gasteiger partial charge in [0.25, 0.3) is 5.91 Å². The molecule has 1 N–H and O–H groups in total. The number of hydrogen-bond donors (Lipinski definition) is 1. The Kier molecular flexibility index (Phi) is 6.52. The topological polar surface area (TPSA) is 79.4 Å². The Morgan fingerprint density at radius 3 is 2.59 bits per heavy atom. The highest BCUT2D eigenvalue weighted by Crippen LogP contribution is 2.25. The van der Waals surface area contributed by atoms with E-state index in [2.05, 4.69) is 15.2 Å². The van der Waals surface area contributed by atoms with E-state index in [1.54, 1.807) is 17.5 Å². The van der Waals surface area contributed by atoms with E-state index in [1.165, 1.54) is 17.6 Å². The Labute approximate surface area is 168 Å². The summed E-state index contributed by atoms with van der Waals surface area (Å²) >= 11 is 7.33. The lowest BCUT2D eigenvalue weighted by Crippen LogP contribution is -2.45. The lowest BCUT2D eigenvalue weighted by Gasteiger charge is -2.31. The Bertz CT molecular complexity index is 889. The number of nitrogens with one attached hydrogen (secondary N) is 1. The minimum atomic E-state index is -2.94. The lowest BCUT2D eigenvalue weighted by molar-refractivity contribution is 0.0908. The fourth-order valence-corrected chi connectivity index (χ4v) is 4.48. The average Bonchev–Trinajstić information content (AvgIpc) is 3.11. The van der Waals surface area contributed by atoms with Gasteiger partial charge in [0, 0.05) is 47.9 Å². The molecule has 1 aliphatic rings. The number of hydrogen-bond acceptors (Lipinski definition) is 6. The van der Waals surface area contributed by atoms with Crippen LogP contribution in [0.1, 0.15) is 23.3 Å². The van der Waals surface area contributed by atoms with E-state index in [0.717, 1.165) is 36.5 Å². The third kappa shape index (κ3) is 6.00. The molecule has 0 aliphatic carbocycles. The van der Waals surface area contributed by atoms with Crippen LogP contribution in [0.4, 0.5) is 0 Å². The molecular weight excluding hydrogens is 406 g/mol. The fraction of sp³-hybridized carbons (Fsp3) is 0.444. The maximum absolute atomic E-state index is 12.5. The minimum absolute atomic E-state index is 0.0904. The summed E-state index contributed by atoms with van der Waals surface area (Å²) in [6, 6.07) is 7.46. The number of carbonyl (C=O) groups excluding carboxylic acids is 1. The molecule has 0 saturated carbocycles. The lowest BCUT2D eigenvalue weighted by atomic mass is 10.1. The molecule has 1 fully saturated rings. The quantitative estimate of drug-likeness (QED) is 0.766. The number of piperidine rings is 1. The first kappa shape index (κ1) is 20.3. The summed E-state index contributed by atoms with van der Waals surface area (Å²) in [4.78, 5) is 19.0. The van der Waals surface area contributed by atoms with Gasteiger partial charge in [-0.3, -0.25) is 4.79 Å². The van der Waals surface area contributed by atoms with Gasteiger partial charge in [-0.1, -0.05) is 23.7 Å². The van der Waals surface area contributed by atoms with Crippen LogP contribution in [0.2, 0.25) is 5.02 Å². The zero-order valence-corrected chi connectivity index (χ0v) is 17.4. The van der Waals surface area contributed by atoms with Gasteiger partial charge in [-0.2, -0.15) is 0 Å². The van der Waals surface area contributed by atoms with E-state index >= 15 is 0 Å². The third-order valence-electron chi connectivity index (χ3n) is 4.53. The summed E-state index contributed by atoms with van der Waals surface area (Å²) in [6.45, 7) is 2.12. The van der Waals surface area contributed by atoms with Crippen molar-refractivity contribution < 1.29 is 13.2 Å². The summed E-state index contributed by atoms with van der Waals surface area (Å²) in [6.07, 6.45) is 2.87. The molecule has 6 nitrogen and oxygen atoms in total. The van der Waals surface area contributed by atoms with Crippen molar-refractivity contribution in [3.63, 3.8) is 0 Å². The molecule has 1 aliphatic heterocycles. The van der Waals surface area contributed by atoms with Gasteiger partial charge >= 0.3 is 0 Å². The van der Waals surface area contributed by atoms with E-state index in [4.69, 9.17) is 11.6 Å². The number of thiazole rings is 1. The van der Waals surface area contributed by atoms with Gasteiger partial charge in [0.15, 0.2) is 0 Å². The molecule has 1 amide bonds. The van der Waals surface area contributed by atoms with Crippen LogP contribution in [0.15, 0.2) is 29.6 Å². The van der Waals surface area contributed by atoms with E-state index in [0.29, 0.717) is 17.3 Å². The van der Waals surface area contributed by atoms with Crippen LogP contribution in [0.3, 0.4) is 0 Å². The third-order valence-corrected chi connectivity index (χ3v) is 6.60. The van der Waals surface area contributed by atoms with Crippen molar-refractivity contribution in [3.8, 4) is 10.6 Å². The van der Waals surface area contributed by atoms with Gasteiger partial charge in [0.1, 0.15) is 20.5 Å². The Balaban J connectivity index is 1.51. The number of sulfone groups is 1. The van der Waals surface area contributed by atoms with Crippen molar-refractivity contribution >= 4 is 38.7 Å². The van der Waals surface area contributed by atoms with E-state index in [1.807, 2.05) is 12.1 Å². The molecule has 0 spiro atoms. The van der Waals surface area contributed by atoms with Crippen LogP contribution in [0.25, 0.3) is 10.6 Å². The van der Waals surface area contributed by atoms with Crippen molar-refractivity contribution in [2.45, 2.75) is 18.9 Å². The van der Waals surface area contributed by atoms with Crippen molar-refractivity contribution in [3.05, 3.63) is 40.4 Å². The molecule has 1 aromatic heterocycles. The SMILES string of the molecule is CS(=O)(=O)CCN1CCC(NC(=O)c2csc(-c3ccc(Cl)cc3)n2)CC1. The molecule has 0 radical (unpaired) electrons. The zero-order valence-electron chi connectivity index (χ0n) is 15.0. The summed E-state index contributed by atoms with van der Waals surface area (Å²) < 4.78 is 22.5. The van der Waals surface area contributed by atoms with Crippen LogP contribution in [0.5, 0.6) is 0 Å². The minimum Gasteiger partial charge on any atom is -0.348 e. The molecule has 2 aromatic rings. The summed E-state index contributed by atoms with van der Waals surface area (Å²) in [5, 5.41) is 6.25. The van der Waals surface area contributed by atoms with Gasteiger partial charge in [-0.25, -0.2) is 13.4 Å². The van der Waals surface area contributed by atoms with E-state index in [9.17, 15) is 13.2 Å². The highest BCUT2D eigenvalue weighted by atomic mass is 35.5. The monoisotopic (exact) mass is 427 g/mol. The first-order chi connectivity index (χ1) is 12.8. The molecule has 3 rings (SSSR count). The Hall–Kier alpha value is -1.48. The Morgan fingerprint density at radius 2 is 1.96 bits per heavy atom. The number of nitrogens with zero attached hydrogens (tertiary/aromatic N) is 2. The van der Waals surface area contributed by atoms with Gasteiger partial charge in [-0.15, -0.1) is 11.3 Å². The number of aromatic nitrogens is 1. The van der Waals surface area contributed by atoms with Gasteiger partial charge in [0.2, 0.25) is 0 Å². The normalized spacial score (nSPS) is 16.4. The molecule has 0 unspecified atom stereocenters. The first-order valence-electron chi connectivity index (χ1n) is 8.72. The van der Waals surface area contributed by atoms with E-state index < -0.39 is 9.84 Å². The van der Waals surface area contributed by atoms with Crippen molar-refractivity contribution in [1.29, 1.82) is 0 Å². The molecule has 1 aromatic carbocycles. The molecule has 27 heavy (non-hydrogen) atoms. The van der Waals surface area contributed by atoms with Crippen molar-refractivity contribution in [2.75, 3.05) is 31.6 Å². The van der Waals surface area contributed by atoms with Crippen LogP contribution in [0, 0.1) is 0 Å². The summed E-state index contributed by atoms with van der Waals surface area (Å²) in [7, 11) is -2.94. The smallest absolute Gasteiger partial charge is 0.270 e. The van der Waals surface area contributed by atoms with Crippen LogP contribution < -0.4 is 5.32 Å². The largest absolute Gasteiger partial charge is 0.348 e. The fourth-order valence-electron chi connectivity index (χ4n) is 2.96. The van der Waals surface area contributed by atoms with Crippen LogP contribution >= 0.6 is 22.9 Å². The first-order valence-corrected chi connectivity index (χ1v) is 12.0. The predicted octanol–water partition coefficient (Wildman–Crippen LogP) is 2.70. The second-order valence-electron chi connectivity index (χ2n) is 6.76. The number of benzene rings is 1. The van der Waals surface area contributed by atoms with Gasteiger partial charge in [-0.05, 0) is 25.0 Å². The molecule has 2 heterocycles. The maximum Gasteiger partial charge on any atom is 0.270 e. The maximum atomic E-state index is 12.5. The molecule has 0 atom stereocenters. The standard InChI is InChI=1S/C18H22ClN3O3S2/c1-27(24,25)11-10-22-8-6-15(7-9-22)20-17(23)16-12-26-18(21-16)13-2-4-14(19)5-3-13/h2-5,12,15H,6-11H2,1H3,(H,20,23). The van der Waals surface area contributed by atoms with E-state index in [-0.39, 0.29) is 17.7 Å². The number of likely N-dealkylation sites (tertiary alicyclic amines) is 1. The number of halogens is 1. The van der Waals surface area contributed by atoms with Gasteiger partial charge < -0.3 is 10.2 Å². The summed E-state index contributed by atoms with van der Waals surface area (Å²) in [5.41, 5.74) is 1.35. The highest BCUT2D eigenvalue weighted by Gasteiger charge is 2.22.